The zero-order valence-electron chi connectivity index (χ0n) is 7.25. The van der Waals surface area contributed by atoms with Crippen LogP contribution in [0.4, 0.5) is 0 Å². The first-order chi connectivity index (χ1) is 5.74. The third kappa shape index (κ3) is 0.886. The van der Waals surface area contributed by atoms with Crippen molar-refractivity contribution in [1.29, 1.82) is 0 Å². The van der Waals surface area contributed by atoms with Crippen LogP contribution in [0.3, 0.4) is 0 Å². The Hall–Kier alpha value is -0.860. The van der Waals surface area contributed by atoms with Crippen LogP contribution in [0, 0.1) is 11.8 Å². The SMILES string of the molecule is CCN1C(=O)C2CCC(C2)C1=O. The molecule has 12 heavy (non-hydrogen) atoms. The molecule has 2 unspecified atom stereocenters. The topological polar surface area (TPSA) is 37.4 Å². The lowest BCUT2D eigenvalue weighted by molar-refractivity contribution is -0.152. The lowest BCUT2D eigenvalue weighted by atomic mass is 9.97. The highest BCUT2D eigenvalue weighted by atomic mass is 16.2. The summed E-state index contributed by atoms with van der Waals surface area (Å²) in [5.41, 5.74) is 0. The predicted octanol–water partition coefficient (Wildman–Crippen LogP) is 0.791. The summed E-state index contributed by atoms with van der Waals surface area (Å²) in [7, 11) is 0. The molecule has 1 aliphatic carbocycles. The van der Waals surface area contributed by atoms with Gasteiger partial charge in [-0.05, 0) is 26.2 Å². The summed E-state index contributed by atoms with van der Waals surface area (Å²) in [6, 6.07) is 0. The Balaban J connectivity index is 2.26. The van der Waals surface area contributed by atoms with Gasteiger partial charge in [0.05, 0.1) is 0 Å². The Morgan fingerprint density at radius 2 is 1.75 bits per heavy atom. The summed E-state index contributed by atoms with van der Waals surface area (Å²) in [4.78, 5) is 24.5. The molecule has 0 N–H and O–H groups in total. The van der Waals surface area contributed by atoms with Crippen LogP contribution in [0.25, 0.3) is 0 Å². The van der Waals surface area contributed by atoms with Crippen molar-refractivity contribution in [3.8, 4) is 0 Å². The summed E-state index contributed by atoms with van der Waals surface area (Å²) in [5, 5.41) is 0. The highest BCUT2D eigenvalue weighted by molar-refractivity contribution is 6.00. The lowest BCUT2D eigenvalue weighted by Gasteiger charge is -2.28. The van der Waals surface area contributed by atoms with E-state index in [4.69, 9.17) is 0 Å². The van der Waals surface area contributed by atoms with Gasteiger partial charge in [0.25, 0.3) is 0 Å². The number of nitrogens with zero attached hydrogens (tertiary/aromatic N) is 1. The van der Waals surface area contributed by atoms with Gasteiger partial charge < -0.3 is 0 Å². The number of fused-ring (bicyclic) bond motifs is 2. The van der Waals surface area contributed by atoms with Crippen LogP contribution in [0.15, 0.2) is 0 Å². The molecule has 2 bridgehead atoms. The van der Waals surface area contributed by atoms with Crippen molar-refractivity contribution in [2.45, 2.75) is 26.2 Å². The highest BCUT2D eigenvalue weighted by Crippen LogP contribution is 2.37. The number of carbonyl (C=O) groups is 2. The lowest BCUT2D eigenvalue weighted by Crippen LogP contribution is -2.45. The van der Waals surface area contributed by atoms with Gasteiger partial charge in [-0.2, -0.15) is 0 Å². The second-order valence-electron chi connectivity index (χ2n) is 3.63. The monoisotopic (exact) mass is 167 g/mol. The van der Waals surface area contributed by atoms with E-state index in [-0.39, 0.29) is 23.7 Å². The maximum atomic E-state index is 11.5. The molecule has 0 radical (unpaired) electrons. The zero-order valence-corrected chi connectivity index (χ0v) is 7.25. The summed E-state index contributed by atoms with van der Waals surface area (Å²) >= 11 is 0. The summed E-state index contributed by atoms with van der Waals surface area (Å²) in [6.45, 7) is 2.41. The molecule has 3 nitrogen and oxygen atoms in total. The third-order valence-corrected chi connectivity index (χ3v) is 2.98. The molecule has 1 aliphatic heterocycles. The maximum Gasteiger partial charge on any atom is 0.232 e. The van der Waals surface area contributed by atoms with Crippen molar-refractivity contribution in [2.75, 3.05) is 6.54 Å². The van der Waals surface area contributed by atoms with E-state index in [9.17, 15) is 9.59 Å². The van der Waals surface area contributed by atoms with E-state index in [2.05, 4.69) is 0 Å². The molecule has 0 aromatic heterocycles. The molecule has 2 rings (SSSR count). The number of amides is 2. The minimum atomic E-state index is 0.0660. The number of carbonyl (C=O) groups excluding carboxylic acids is 2. The van der Waals surface area contributed by atoms with Gasteiger partial charge in [-0.1, -0.05) is 0 Å². The van der Waals surface area contributed by atoms with E-state index in [1.54, 1.807) is 0 Å². The van der Waals surface area contributed by atoms with Gasteiger partial charge in [-0.15, -0.1) is 0 Å². The molecular formula is C9H13NO2. The Morgan fingerprint density at radius 3 is 2.17 bits per heavy atom. The van der Waals surface area contributed by atoms with Gasteiger partial charge in [0.2, 0.25) is 11.8 Å². The van der Waals surface area contributed by atoms with Gasteiger partial charge >= 0.3 is 0 Å². The van der Waals surface area contributed by atoms with Crippen molar-refractivity contribution in [3.05, 3.63) is 0 Å². The molecule has 2 amide bonds. The molecule has 2 atom stereocenters. The van der Waals surface area contributed by atoms with E-state index < -0.39 is 0 Å². The average molecular weight is 167 g/mol. The first kappa shape index (κ1) is 7.77. The largest absolute Gasteiger partial charge is 0.282 e. The third-order valence-electron chi connectivity index (χ3n) is 2.98. The number of imide groups is 1. The summed E-state index contributed by atoms with van der Waals surface area (Å²) in [6.07, 6.45) is 2.66. The molecule has 66 valence electrons. The Labute approximate surface area is 71.7 Å². The predicted molar refractivity (Wildman–Crippen MR) is 43.2 cm³/mol. The molecule has 1 saturated heterocycles. The van der Waals surface area contributed by atoms with Crippen LogP contribution >= 0.6 is 0 Å². The first-order valence-corrected chi connectivity index (χ1v) is 4.59. The number of rotatable bonds is 1. The second kappa shape index (κ2) is 2.57. The van der Waals surface area contributed by atoms with Crippen molar-refractivity contribution in [1.82, 2.24) is 4.90 Å². The Bertz CT molecular complexity index is 215. The van der Waals surface area contributed by atoms with E-state index in [1.165, 1.54) is 4.90 Å². The van der Waals surface area contributed by atoms with Crippen LogP contribution in [-0.4, -0.2) is 23.3 Å². The van der Waals surface area contributed by atoms with Crippen LogP contribution in [0.1, 0.15) is 26.2 Å². The van der Waals surface area contributed by atoms with Crippen molar-refractivity contribution >= 4 is 11.8 Å². The second-order valence-corrected chi connectivity index (χ2v) is 3.63. The fourth-order valence-electron chi connectivity index (χ4n) is 2.29. The van der Waals surface area contributed by atoms with Crippen LogP contribution in [-0.2, 0) is 9.59 Å². The fraction of sp³-hybridized carbons (Fsp3) is 0.778. The quantitative estimate of drug-likeness (QED) is 0.541. The van der Waals surface area contributed by atoms with Gasteiger partial charge in [0, 0.05) is 18.4 Å². The van der Waals surface area contributed by atoms with Crippen LogP contribution in [0.2, 0.25) is 0 Å². The van der Waals surface area contributed by atoms with Crippen molar-refractivity contribution in [3.63, 3.8) is 0 Å². The smallest absolute Gasteiger partial charge is 0.232 e. The van der Waals surface area contributed by atoms with E-state index >= 15 is 0 Å². The van der Waals surface area contributed by atoms with Gasteiger partial charge in [0.1, 0.15) is 0 Å². The fourth-order valence-corrected chi connectivity index (χ4v) is 2.29. The molecule has 1 heterocycles. The van der Waals surface area contributed by atoms with Gasteiger partial charge in [-0.3, -0.25) is 14.5 Å². The minimum Gasteiger partial charge on any atom is -0.282 e. The molecule has 2 fully saturated rings. The molecule has 1 saturated carbocycles. The van der Waals surface area contributed by atoms with E-state index in [0.29, 0.717) is 6.54 Å². The Kier molecular flexibility index (Phi) is 1.67. The van der Waals surface area contributed by atoms with Crippen molar-refractivity contribution < 1.29 is 9.59 Å². The highest BCUT2D eigenvalue weighted by Gasteiger charge is 2.44. The zero-order chi connectivity index (χ0) is 8.72. The summed E-state index contributed by atoms with van der Waals surface area (Å²) < 4.78 is 0. The molecular weight excluding hydrogens is 154 g/mol. The number of hydrogen-bond acceptors (Lipinski definition) is 2. The maximum absolute atomic E-state index is 11.5. The average Bonchev–Trinajstić information content (AvgIpc) is 2.48. The Morgan fingerprint density at radius 1 is 1.25 bits per heavy atom. The van der Waals surface area contributed by atoms with Crippen LogP contribution in [0.5, 0.6) is 0 Å². The standard InChI is InChI=1S/C9H13NO2/c1-2-10-8(11)6-3-4-7(5-6)9(10)12/h6-7H,2-5H2,1H3. The number of hydrogen-bond donors (Lipinski definition) is 0. The molecule has 2 aliphatic rings. The van der Waals surface area contributed by atoms with Crippen molar-refractivity contribution in [2.24, 2.45) is 11.8 Å². The van der Waals surface area contributed by atoms with Gasteiger partial charge in [-0.25, -0.2) is 0 Å². The normalized spacial score (nSPS) is 34.6. The molecule has 0 aromatic carbocycles. The van der Waals surface area contributed by atoms with E-state index in [1.807, 2.05) is 6.92 Å². The molecule has 3 heteroatoms. The molecule has 0 spiro atoms. The summed E-state index contributed by atoms with van der Waals surface area (Å²) in [5.74, 6) is 0.452. The minimum absolute atomic E-state index is 0.0660. The van der Waals surface area contributed by atoms with E-state index in [0.717, 1.165) is 19.3 Å². The van der Waals surface area contributed by atoms with Crippen LogP contribution < -0.4 is 0 Å². The number of piperidine rings is 1. The molecule has 0 aromatic rings. The van der Waals surface area contributed by atoms with Gasteiger partial charge in [0.15, 0.2) is 0 Å². The first-order valence-electron chi connectivity index (χ1n) is 4.59. The number of likely N-dealkylation sites (tertiary alicyclic amines) is 1.